The summed E-state index contributed by atoms with van der Waals surface area (Å²) in [6, 6.07) is 0. The number of imidazole rings is 1. The van der Waals surface area contributed by atoms with Crippen LogP contribution in [0.4, 0.5) is 5.82 Å². The lowest BCUT2D eigenvalue weighted by molar-refractivity contribution is -0.0636. The van der Waals surface area contributed by atoms with Crippen molar-refractivity contribution in [2.75, 3.05) is 33.7 Å². The minimum Gasteiger partial charge on any atom is -0.382 e. The lowest BCUT2D eigenvalue weighted by Crippen LogP contribution is -2.36. The molecular formula is C13H19N5O4. The van der Waals surface area contributed by atoms with Gasteiger partial charge >= 0.3 is 0 Å². The van der Waals surface area contributed by atoms with Gasteiger partial charge in [-0.25, -0.2) is 15.0 Å². The summed E-state index contributed by atoms with van der Waals surface area (Å²) in [5, 5.41) is 0. The van der Waals surface area contributed by atoms with E-state index in [0.717, 1.165) is 0 Å². The fourth-order valence-corrected chi connectivity index (χ4v) is 2.82. The zero-order chi connectivity index (χ0) is 15.7. The van der Waals surface area contributed by atoms with Crippen molar-refractivity contribution < 1.29 is 18.9 Å². The van der Waals surface area contributed by atoms with Gasteiger partial charge in [0.2, 0.25) is 0 Å². The molecule has 2 N–H and O–H groups in total. The topological polar surface area (TPSA) is 107 Å². The van der Waals surface area contributed by atoms with Crippen molar-refractivity contribution in [1.82, 2.24) is 19.5 Å². The van der Waals surface area contributed by atoms with Gasteiger partial charge in [0.05, 0.1) is 12.9 Å². The van der Waals surface area contributed by atoms with Gasteiger partial charge in [-0.05, 0) is 0 Å². The molecule has 1 fully saturated rings. The molecule has 2 aromatic heterocycles. The average molecular weight is 309 g/mol. The van der Waals surface area contributed by atoms with Crippen LogP contribution in [0.25, 0.3) is 11.2 Å². The molecule has 0 saturated carbocycles. The Kier molecular flexibility index (Phi) is 4.21. The fraction of sp³-hybridized carbons (Fsp3) is 0.615. The minimum absolute atomic E-state index is 0.249. The van der Waals surface area contributed by atoms with Gasteiger partial charge < -0.3 is 24.7 Å². The Morgan fingerprint density at radius 2 is 1.95 bits per heavy atom. The zero-order valence-electron chi connectivity index (χ0n) is 12.7. The molecule has 0 unspecified atom stereocenters. The third-order valence-electron chi connectivity index (χ3n) is 3.82. The molecule has 9 heteroatoms. The zero-order valence-corrected chi connectivity index (χ0v) is 12.7. The number of methoxy groups -OCH3 is 3. The number of nitrogen functional groups attached to an aromatic ring is 1. The largest absolute Gasteiger partial charge is 0.382 e. The number of ether oxygens (including phenoxy) is 4. The van der Waals surface area contributed by atoms with E-state index in [1.165, 1.54) is 6.33 Å². The molecule has 120 valence electrons. The summed E-state index contributed by atoms with van der Waals surface area (Å²) < 4.78 is 24.1. The van der Waals surface area contributed by atoms with Crippen LogP contribution in [0.5, 0.6) is 0 Å². The highest BCUT2D eigenvalue weighted by atomic mass is 16.6. The summed E-state index contributed by atoms with van der Waals surface area (Å²) >= 11 is 0. The summed E-state index contributed by atoms with van der Waals surface area (Å²) in [7, 11) is 4.85. The molecule has 2 aromatic rings. The van der Waals surface area contributed by atoms with Crippen LogP contribution in [0.15, 0.2) is 12.7 Å². The van der Waals surface area contributed by atoms with Crippen molar-refractivity contribution >= 4 is 17.0 Å². The predicted molar refractivity (Wildman–Crippen MR) is 77.1 cm³/mol. The van der Waals surface area contributed by atoms with Crippen LogP contribution in [0, 0.1) is 0 Å². The van der Waals surface area contributed by atoms with Gasteiger partial charge in [0.1, 0.15) is 30.2 Å². The summed E-state index contributed by atoms with van der Waals surface area (Å²) in [5.74, 6) is 0.326. The quantitative estimate of drug-likeness (QED) is 0.821. The van der Waals surface area contributed by atoms with E-state index in [1.54, 1.807) is 32.2 Å². The molecule has 4 atom stereocenters. The van der Waals surface area contributed by atoms with E-state index in [0.29, 0.717) is 23.6 Å². The van der Waals surface area contributed by atoms with Crippen molar-refractivity contribution in [2.24, 2.45) is 0 Å². The average Bonchev–Trinajstić information content (AvgIpc) is 3.09. The Labute approximate surface area is 127 Å². The first kappa shape index (κ1) is 15.1. The Balaban J connectivity index is 2.00. The van der Waals surface area contributed by atoms with Gasteiger partial charge in [-0.3, -0.25) is 4.57 Å². The van der Waals surface area contributed by atoms with Crippen molar-refractivity contribution in [3.05, 3.63) is 12.7 Å². The second kappa shape index (κ2) is 6.13. The molecule has 22 heavy (non-hydrogen) atoms. The number of hydrogen-bond donors (Lipinski definition) is 1. The second-order valence-corrected chi connectivity index (χ2v) is 5.00. The highest BCUT2D eigenvalue weighted by Crippen LogP contribution is 2.35. The van der Waals surface area contributed by atoms with Gasteiger partial charge in [0.25, 0.3) is 0 Å². The Morgan fingerprint density at radius 3 is 2.64 bits per heavy atom. The number of anilines is 1. The molecule has 0 aliphatic carbocycles. The lowest BCUT2D eigenvalue weighted by Gasteiger charge is -2.21. The van der Waals surface area contributed by atoms with Gasteiger partial charge in [0, 0.05) is 21.3 Å². The van der Waals surface area contributed by atoms with Gasteiger partial charge in [-0.2, -0.15) is 0 Å². The number of nitrogens with zero attached hydrogens (tertiary/aromatic N) is 4. The van der Waals surface area contributed by atoms with E-state index in [9.17, 15) is 0 Å². The van der Waals surface area contributed by atoms with E-state index >= 15 is 0 Å². The smallest absolute Gasteiger partial charge is 0.167 e. The van der Waals surface area contributed by atoms with Crippen molar-refractivity contribution in [3.63, 3.8) is 0 Å². The summed E-state index contributed by atoms with van der Waals surface area (Å²) in [4.78, 5) is 12.4. The number of rotatable bonds is 5. The summed E-state index contributed by atoms with van der Waals surface area (Å²) in [6.07, 6.45) is 1.75. The highest BCUT2D eigenvalue weighted by Gasteiger charge is 2.46. The van der Waals surface area contributed by atoms with E-state index in [1.807, 2.05) is 0 Å². The molecule has 0 amide bonds. The van der Waals surface area contributed by atoms with Crippen LogP contribution in [-0.4, -0.2) is 65.8 Å². The first-order chi connectivity index (χ1) is 10.7. The monoisotopic (exact) mass is 309 g/mol. The first-order valence-corrected chi connectivity index (χ1v) is 6.84. The third-order valence-corrected chi connectivity index (χ3v) is 3.82. The highest BCUT2D eigenvalue weighted by molar-refractivity contribution is 5.81. The first-order valence-electron chi connectivity index (χ1n) is 6.84. The van der Waals surface area contributed by atoms with Crippen LogP contribution >= 0.6 is 0 Å². The van der Waals surface area contributed by atoms with Crippen molar-refractivity contribution in [3.8, 4) is 0 Å². The van der Waals surface area contributed by atoms with Gasteiger partial charge in [-0.15, -0.1) is 0 Å². The molecule has 1 aliphatic rings. The van der Waals surface area contributed by atoms with Gasteiger partial charge in [0.15, 0.2) is 17.7 Å². The molecule has 0 aromatic carbocycles. The lowest BCUT2D eigenvalue weighted by atomic mass is 10.1. The number of hydrogen-bond acceptors (Lipinski definition) is 8. The molecule has 9 nitrogen and oxygen atoms in total. The van der Waals surface area contributed by atoms with Crippen molar-refractivity contribution in [2.45, 2.75) is 24.5 Å². The molecule has 0 bridgehead atoms. The maximum Gasteiger partial charge on any atom is 0.167 e. The Bertz CT molecular complexity index is 648. The molecule has 3 heterocycles. The number of aromatic nitrogens is 4. The van der Waals surface area contributed by atoms with Crippen LogP contribution < -0.4 is 5.73 Å². The summed E-state index contributed by atoms with van der Waals surface area (Å²) in [5.41, 5.74) is 6.94. The predicted octanol–water partition coefficient (Wildman–Crippen LogP) is -0.0177. The van der Waals surface area contributed by atoms with Crippen LogP contribution in [0.3, 0.4) is 0 Å². The van der Waals surface area contributed by atoms with Crippen molar-refractivity contribution in [1.29, 1.82) is 0 Å². The Hall–Kier alpha value is -1.81. The normalized spacial score (nSPS) is 28.5. The SMILES string of the molecule is COC[C@@H]1O[C@H](n2cnc3c(N)ncnc32)[C@@H](OC)[C@H]1OC. The van der Waals surface area contributed by atoms with Gasteiger partial charge in [-0.1, -0.05) is 0 Å². The molecule has 0 radical (unpaired) electrons. The van der Waals surface area contributed by atoms with E-state index in [2.05, 4.69) is 15.0 Å². The molecule has 0 spiro atoms. The van der Waals surface area contributed by atoms with Crippen LogP contribution in [0.1, 0.15) is 6.23 Å². The van der Waals surface area contributed by atoms with Crippen LogP contribution in [-0.2, 0) is 18.9 Å². The third kappa shape index (κ3) is 2.31. The number of nitrogens with two attached hydrogens (primary N) is 1. The summed E-state index contributed by atoms with van der Waals surface area (Å²) in [6.45, 7) is 0.401. The minimum atomic E-state index is -0.436. The van der Waals surface area contributed by atoms with E-state index in [-0.39, 0.29) is 18.3 Å². The van der Waals surface area contributed by atoms with Crippen LogP contribution in [0.2, 0.25) is 0 Å². The second-order valence-electron chi connectivity index (χ2n) is 5.00. The molecule has 1 aliphatic heterocycles. The Morgan fingerprint density at radius 1 is 1.18 bits per heavy atom. The molecule has 1 saturated heterocycles. The maximum atomic E-state index is 6.05. The van der Waals surface area contributed by atoms with E-state index in [4.69, 9.17) is 24.7 Å². The fourth-order valence-electron chi connectivity index (χ4n) is 2.82. The molecule has 3 rings (SSSR count). The molecular weight excluding hydrogens is 290 g/mol. The van der Waals surface area contributed by atoms with E-state index < -0.39 is 6.23 Å². The number of fused-ring (bicyclic) bond motifs is 1. The standard InChI is InChI=1S/C13H19N5O4/c1-19-4-7-9(20-2)10(21-3)13(22-7)18-6-17-8-11(14)15-5-16-12(8)18/h5-7,9-10,13H,4H2,1-3H3,(H2,14,15,16)/t7-,9-,10-,13-/m0/s1. The maximum absolute atomic E-state index is 6.05.